The minimum Gasteiger partial charge on any atom is -0.317 e. The normalized spacial score (nSPS) is 14.3. The third kappa shape index (κ3) is 4.45. The highest BCUT2D eigenvalue weighted by molar-refractivity contribution is 7.92. The lowest BCUT2D eigenvalue weighted by atomic mass is 10.2. The first kappa shape index (κ1) is 21.4. The van der Waals surface area contributed by atoms with Crippen molar-refractivity contribution in [2.45, 2.75) is 19.9 Å². The molecular weight excluding hydrogens is 441 g/mol. The summed E-state index contributed by atoms with van der Waals surface area (Å²) in [4.78, 5) is 30.6. The van der Waals surface area contributed by atoms with Gasteiger partial charge in [0.2, 0.25) is 5.91 Å². The fourth-order valence-electron chi connectivity index (χ4n) is 3.68. The quantitative estimate of drug-likeness (QED) is 0.583. The Hall–Kier alpha value is -2.85. The van der Waals surface area contributed by atoms with E-state index in [0.717, 1.165) is 16.9 Å². The third-order valence-electron chi connectivity index (χ3n) is 5.06. The molecule has 0 N–H and O–H groups in total. The van der Waals surface area contributed by atoms with Crippen LogP contribution < -0.4 is 9.70 Å². The second kappa shape index (κ2) is 8.35. The van der Waals surface area contributed by atoms with E-state index in [9.17, 15) is 22.4 Å². The summed E-state index contributed by atoms with van der Waals surface area (Å²) in [5.41, 5.74) is 2.41. The Morgan fingerprint density at radius 3 is 2.71 bits per heavy atom. The van der Waals surface area contributed by atoms with Crippen LogP contribution in [0.5, 0.6) is 0 Å². The molecular formula is C21H20FN3O4S2. The molecule has 2 aromatic carbocycles. The number of rotatable bonds is 5. The highest BCUT2D eigenvalue weighted by Gasteiger charge is 2.29. The number of hydrogen-bond acceptors (Lipinski definition) is 5. The van der Waals surface area contributed by atoms with E-state index in [1.54, 1.807) is 22.8 Å². The number of thiazole rings is 1. The van der Waals surface area contributed by atoms with Crippen LogP contribution in [-0.4, -0.2) is 42.8 Å². The maximum absolute atomic E-state index is 13.5. The maximum Gasteiger partial charge on any atom is 0.263 e. The lowest BCUT2D eigenvalue weighted by molar-refractivity contribution is -0.116. The minimum atomic E-state index is -4.00. The van der Waals surface area contributed by atoms with Crippen molar-refractivity contribution < 1.29 is 22.4 Å². The lowest BCUT2D eigenvalue weighted by Crippen LogP contribution is -2.36. The van der Waals surface area contributed by atoms with Crippen molar-refractivity contribution >= 4 is 48.9 Å². The number of nitrogens with zero attached hydrogens (tertiary/aromatic N) is 3. The Bertz CT molecular complexity index is 1360. The van der Waals surface area contributed by atoms with Crippen molar-refractivity contribution in [3.8, 4) is 0 Å². The number of para-hydroxylation sites is 1. The largest absolute Gasteiger partial charge is 0.317 e. The molecule has 0 radical (unpaired) electrons. The molecule has 1 aromatic heterocycles. The van der Waals surface area contributed by atoms with Gasteiger partial charge < -0.3 is 9.47 Å². The molecule has 0 saturated carbocycles. The lowest BCUT2D eigenvalue weighted by Gasteiger charge is -2.17. The Balaban J connectivity index is 1.52. The van der Waals surface area contributed by atoms with Gasteiger partial charge in [0.15, 0.2) is 14.6 Å². The van der Waals surface area contributed by atoms with Gasteiger partial charge in [0, 0.05) is 18.8 Å². The van der Waals surface area contributed by atoms with Crippen molar-refractivity contribution in [1.29, 1.82) is 0 Å². The van der Waals surface area contributed by atoms with E-state index in [0.29, 0.717) is 40.2 Å². The molecule has 0 atom stereocenters. The Morgan fingerprint density at radius 2 is 1.94 bits per heavy atom. The van der Waals surface area contributed by atoms with Gasteiger partial charge in [0.05, 0.1) is 10.2 Å². The van der Waals surface area contributed by atoms with E-state index in [1.807, 2.05) is 19.1 Å². The summed E-state index contributed by atoms with van der Waals surface area (Å²) >= 11 is 1.11. The molecule has 1 aliphatic rings. The van der Waals surface area contributed by atoms with E-state index < -0.39 is 39.0 Å². The van der Waals surface area contributed by atoms with E-state index in [-0.39, 0.29) is 0 Å². The fourth-order valence-corrected chi connectivity index (χ4v) is 5.89. The van der Waals surface area contributed by atoms with Gasteiger partial charge in [-0.2, -0.15) is 4.99 Å². The molecule has 162 valence electrons. The van der Waals surface area contributed by atoms with Gasteiger partial charge in [0.25, 0.3) is 5.91 Å². The molecule has 0 spiro atoms. The number of aryl methyl sites for hydroxylation is 1. The van der Waals surface area contributed by atoms with Crippen LogP contribution in [0.2, 0.25) is 0 Å². The van der Waals surface area contributed by atoms with Gasteiger partial charge >= 0.3 is 0 Å². The first-order chi connectivity index (χ1) is 14.8. The molecule has 2 heterocycles. The van der Waals surface area contributed by atoms with Crippen LogP contribution in [-0.2, 0) is 32.4 Å². The summed E-state index contributed by atoms with van der Waals surface area (Å²) in [6.45, 7) is 2.75. The smallest absolute Gasteiger partial charge is 0.263 e. The standard InChI is InChI=1S/C21H20FN3O4S2/c1-2-24-17-8-7-15(22)11-18(17)30-21(24)23-19(26)12-31(28,29)13-20(27)25-10-9-14-5-3-4-6-16(14)25/h3-8,11H,2,9-10,12-13H2,1H3. The number of aromatic nitrogens is 1. The number of sulfone groups is 1. The summed E-state index contributed by atoms with van der Waals surface area (Å²) in [6.07, 6.45) is 0.666. The zero-order chi connectivity index (χ0) is 22.2. The van der Waals surface area contributed by atoms with Gasteiger partial charge in [-0.15, -0.1) is 0 Å². The van der Waals surface area contributed by atoms with Gasteiger partial charge in [0.1, 0.15) is 17.3 Å². The van der Waals surface area contributed by atoms with E-state index in [2.05, 4.69) is 4.99 Å². The average Bonchev–Trinajstić information content (AvgIpc) is 3.27. The van der Waals surface area contributed by atoms with E-state index >= 15 is 0 Å². The van der Waals surface area contributed by atoms with Crippen LogP contribution in [0.3, 0.4) is 0 Å². The molecule has 10 heteroatoms. The summed E-state index contributed by atoms with van der Waals surface area (Å²) < 4.78 is 40.8. The minimum absolute atomic E-state index is 0.295. The van der Waals surface area contributed by atoms with E-state index in [4.69, 9.17) is 0 Å². The highest BCUT2D eigenvalue weighted by atomic mass is 32.2. The molecule has 0 fully saturated rings. The predicted octanol–water partition coefficient (Wildman–Crippen LogP) is 2.29. The topological polar surface area (TPSA) is 88.8 Å². The van der Waals surface area contributed by atoms with Crippen molar-refractivity contribution in [2.24, 2.45) is 4.99 Å². The number of halogens is 1. The molecule has 3 aromatic rings. The van der Waals surface area contributed by atoms with Crippen molar-refractivity contribution in [3.05, 3.63) is 58.6 Å². The first-order valence-corrected chi connectivity index (χ1v) is 12.4. The number of benzene rings is 2. The number of carbonyl (C=O) groups is 2. The maximum atomic E-state index is 13.5. The molecule has 4 rings (SSSR count). The van der Waals surface area contributed by atoms with Crippen LogP contribution in [0, 0.1) is 5.82 Å². The van der Waals surface area contributed by atoms with Crippen molar-refractivity contribution in [1.82, 2.24) is 4.57 Å². The van der Waals surface area contributed by atoms with E-state index in [1.165, 1.54) is 17.0 Å². The second-order valence-corrected chi connectivity index (χ2v) is 10.3. The monoisotopic (exact) mass is 461 g/mol. The summed E-state index contributed by atoms with van der Waals surface area (Å²) in [6, 6.07) is 11.6. The van der Waals surface area contributed by atoms with Gasteiger partial charge in [-0.05, 0) is 43.2 Å². The highest BCUT2D eigenvalue weighted by Crippen LogP contribution is 2.27. The predicted molar refractivity (Wildman–Crippen MR) is 117 cm³/mol. The van der Waals surface area contributed by atoms with Crippen LogP contribution >= 0.6 is 11.3 Å². The molecule has 0 bridgehead atoms. The Labute approximate surface area is 182 Å². The number of anilines is 1. The first-order valence-electron chi connectivity index (χ1n) is 9.72. The van der Waals surface area contributed by atoms with Crippen LogP contribution in [0.15, 0.2) is 47.5 Å². The summed E-state index contributed by atoms with van der Waals surface area (Å²) in [5.74, 6) is -3.43. The number of hydrogen-bond donors (Lipinski definition) is 0. The summed E-state index contributed by atoms with van der Waals surface area (Å²) in [5, 5.41) is 0. The van der Waals surface area contributed by atoms with Crippen molar-refractivity contribution in [2.75, 3.05) is 23.0 Å². The number of amides is 2. The van der Waals surface area contributed by atoms with Crippen LogP contribution in [0.25, 0.3) is 10.2 Å². The molecule has 0 saturated heterocycles. The molecule has 1 aliphatic heterocycles. The second-order valence-electron chi connectivity index (χ2n) is 7.20. The third-order valence-corrected chi connectivity index (χ3v) is 7.47. The fraction of sp³-hybridized carbons (Fsp3) is 0.286. The zero-order valence-corrected chi connectivity index (χ0v) is 18.4. The van der Waals surface area contributed by atoms with Crippen molar-refractivity contribution in [3.63, 3.8) is 0 Å². The van der Waals surface area contributed by atoms with Crippen LogP contribution in [0.1, 0.15) is 12.5 Å². The molecule has 7 nitrogen and oxygen atoms in total. The van der Waals surface area contributed by atoms with Gasteiger partial charge in [-0.25, -0.2) is 12.8 Å². The molecule has 0 aliphatic carbocycles. The SMILES string of the molecule is CCn1c(=NC(=O)CS(=O)(=O)CC(=O)N2CCc3ccccc32)sc2cc(F)ccc21. The van der Waals surface area contributed by atoms with Crippen LogP contribution in [0.4, 0.5) is 10.1 Å². The molecule has 0 unspecified atom stereocenters. The van der Waals surface area contributed by atoms with Gasteiger partial charge in [-0.3, -0.25) is 9.59 Å². The Morgan fingerprint density at radius 1 is 1.16 bits per heavy atom. The molecule has 2 amide bonds. The number of fused-ring (bicyclic) bond motifs is 2. The zero-order valence-electron chi connectivity index (χ0n) is 16.7. The molecule has 31 heavy (non-hydrogen) atoms. The Kier molecular flexibility index (Phi) is 5.76. The number of carbonyl (C=O) groups excluding carboxylic acids is 2. The summed E-state index contributed by atoms with van der Waals surface area (Å²) in [7, 11) is -4.00. The van der Waals surface area contributed by atoms with Gasteiger partial charge in [-0.1, -0.05) is 29.5 Å². The average molecular weight is 462 g/mol.